The Morgan fingerprint density at radius 3 is 2.42 bits per heavy atom. The average molecular weight is 539 g/mol. The molecule has 0 atom stereocenters. The van der Waals surface area contributed by atoms with Gasteiger partial charge in [-0.3, -0.25) is 14.4 Å². The van der Waals surface area contributed by atoms with E-state index in [2.05, 4.69) is 25.5 Å². The zero-order valence-corrected chi connectivity index (χ0v) is 22.3. The fraction of sp³-hybridized carbons (Fsp3) is 0.444. The van der Waals surface area contributed by atoms with E-state index in [4.69, 9.17) is 16.0 Å². The number of nitrogens with zero attached hydrogens (tertiary/aromatic N) is 4. The number of likely N-dealkylation sites (tertiary alicyclic amines) is 1. The van der Waals surface area contributed by atoms with Crippen molar-refractivity contribution < 1.29 is 18.8 Å². The third kappa shape index (κ3) is 5.51. The van der Waals surface area contributed by atoms with Gasteiger partial charge in [-0.05, 0) is 75.9 Å². The summed E-state index contributed by atoms with van der Waals surface area (Å²) in [6, 6.07) is 6.80. The van der Waals surface area contributed by atoms with Crippen LogP contribution in [0.4, 0.5) is 11.5 Å². The molecule has 3 aromatic rings. The second-order valence-corrected chi connectivity index (χ2v) is 10.5. The van der Waals surface area contributed by atoms with Crippen molar-refractivity contribution in [2.75, 3.05) is 37.8 Å². The lowest BCUT2D eigenvalue weighted by Crippen LogP contribution is -2.38. The highest BCUT2D eigenvalue weighted by atomic mass is 35.5. The van der Waals surface area contributed by atoms with Crippen molar-refractivity contribution in [3.8, 4) is 0 Å². The topological polar surface area (TPSA) is 121 Å². The smallest absolute Gasteiger partial charge is 0.294 e. The normalized spacial score (nSPS) is 19.9. The number of rotatable bonds is 6. The van der Waals surface area contributed by atoms with Crippen LogP contribution in [0.25, 0.3) is 11.1 Å². The van der Waals surface area contributed by atoms with Gasteiger partial charge in [0.05, 0.1) is 5.02 Å². The van der Waals surface area contributed by atoms with Crippen molar-refractivity contribution >= 4 is 51.9 Å². The first-order chi connectivity index (χ1) is 18.3. The van der Waals surface area contributed by atoms with E-state index in [-0.39, 0.29) is 51.8 Å². The summed E-state index contributed by atoms with van der Waals surface area (Å²) in [6.07, 6.45) is 7.40. The van der Waals surface area contributed by atoms with Crippen molar-refractivity contribution in [2.24, 2.45) is 5.92 Å². The van der Waals surface area contributed by atoms with E-state index in [0.29, 0.717) is 11.1 Å². The Balaban J connectivity index is 1.41. The Morgan fingerprint density at radius 2 is 1.76 bits per heavy atom. The molecular weight excluding hydrogens is 508 g/mol. The number of carbonyl (C=O) groups excluding carboxylic acids is 3. The van der Waals surface area contributed by atoms with Crippen molar-refractivity contribution in [1.29, 1.82) is 0 Å². The maximum absolute atomic E-state index is 13.4. The lowest BCUT2D eigenvalue weighted by atomic mass is 9.85. The quantitative estimate of drug-likeness (QED) is 0.476. The van der Waals surface area contributed by atoms with Crippen molar-refractivity contribution in [1.82, 2.24) is 19.8 Å². The van der Waals surface area contributed by atoms with E-state index >= 15 is 0 Å². The fourth-order valence-corrected chi connectivity index (χ4v) is 5.37. The second-order valence-electron chi connectivity index (χ2n) is 10.1. The first kappa shape index (κ1) is 26.1. The number of furan rings is 1. The monoisotopic (exact) mass is 538 g/mol. The van der Waals surface area contributed by atoms with Crippen LogP contribution in [-0.4, -0.2) is 70.7 Å². The summed E-state index contributed by atoms with van der Waals surface area (Å²) >= 11 is 5.90. The largest absolute Gasteiger partial charge is 0.447 e. The number of halogens is 1. The maximum Gasteiger partial charge on any atom is 0.294 e. The second kappa shape index (κ2) is 11.1. The van der Waals surface area contributed by atoms with Gasteiger partial charge in [0.2, 0.25) is 11.7 Å². The van der Waals surface area contributed by atoms with Gasteiger partial charge in [0, 0.05) is 32.3 Å². The van der Waals surface area contributed by atoms with E-state index in [9.17, 15) is 14.4 Å². The van der Waals surface area contributed by atoms with Gasteiger partial charge in [-0.25, -0.2) is 9.97 Å². The molecule has 1 saturated carbocycles. The van der Waals surface area contributed by atoms with Crippen LogP contribution in [0, 0.1) is 5.92 Å². The molecule has 3 aromatic heterocycles. The zero-order chi connectivity index (χ0) is 26.8. The third-order valence-electron chi connectivity index (χ3n) is 7.31. The molecular formula is C27H31ClN6O4. The van der Waals surface area contributed by atoms with Crippen LogP contribution >= 0.6 is 11.6 Å². The van der Waals surface area contributed by atoms with E-state index in [1.54, 1.807) is 32.3 Å². The number of fused-ring (bicyclic) bond motifs is 1. The average Bonchev–Trinajstić information content (AvgIpc) is 3.58. The number of hydrogen-bond donors (Lipinski definition) is 2. The van der Waals surface area contributed by atoms with Gasteiger partial charge in [0.1, 0.15) is 22.7 Å². The van der Waals surface area contributed by atoms with Crippen molar-refractivity contribution in [3.63, 3.8) is 0 Å². The number of aromatic nitrogens is 2. The molecule has 200 valence electrons. The zero-order valence-electron chi connectivity index (χ0n) is 21.5. The fourth-order valence-electron chi connectivity index (χ4n) is 5.26. The molecule has 5 rings (SSSR count). The lowest BCUT2D eigenvalue weighted by Gasteiger charge is -2.33. The Labute approximate surface area is 225 Å². The van der Waals surface area contributed by atoms with Crippen LogP contribution in [0.5, 0.6) is 0 Å². The van der Waals surface area contributed by atoms with E-state index in [0.717, 1.165) is 38.8 Å². The van der Waals surface area contributed by atoms with Crippen molar-refractivity contribution in [2.45, 2.75) is 44.6 Å². The SMILES string of the molecule is CN(C)C(=O)c1ccc2oc(C(=O)Nc3ccc(Cl)cn3)c(NC(=O)[C@H]3CC[C@H](N4CCCC4)CC3)c2n1. The molecule has 4 heterocycles. The molecule has 1 aliphatic heterocycles. The number of anilines is 2. The highest BCUT2D eigenvalue weighted by Crippen LogP contribution is 2.34. The molecule has 10 nitrogen and oxygen atoms in total. The number of hydrogen-bond acceptors (Lipinski definition) is 7. The Kier molecular flexibility index (Phi) is 7.62. The molecule has 2 N–H and O–H groups in total. The molecule has 1 saturated heterocycles. The first-order valence-corrected chi connectivity index (χ1v) is 13.3. The molecule has 3 amide bonds. The molecule has 0 bridgehead atoms. The minimum absolute atomic E-state index is 0.113. The van der Waals surface area contributed by atoms with Crippen LogP contribution in [0.1, 0.15) is 59.6 Å². The molecule has 0 spiro atoms. The van der Waals surface area contributed by atoms with Crippen LogP contribution in [-0.2, 0) is 4.79 Å². The van der Waals surface area contributed by atoms with E-state index < -0.39 is 5.91 Å². The molecule has 38 heavy (non-hydrogen) atoms. The molecule has 0 radical (unpaired) electrons. The minimum Gasteiger partial charge on any atom is -0.447 e. The number of amides is 3. The highest BCUT2D eigenvalue weighted by Gasteiger charge is 2.32. The predicted molar refractivity (Wildman–Crippen MR) is 144 cm³/mol. The van der Waals surface area contributed by atoms with Crippen LogP contribution in [0.3, 0.4) is 0 Å². The molecule has 0 aromatic carbocycles. The summed E-state index contributed by atoms with van der Waals surface area (Å²) in [4.78, 5) is 51.7. The van der Waals surface area contributed by atoms with Gasteiger partial charge < -0.3 is 24.9 Å². The van der Waals surface area contributed by atoms with Gasteiger partial charge >= 0.3 is 0 Å². The summed E-state index contributed by atoms with van der Waals surface area (Å²) in [5.41, 5.74) is 0.844. The Bertz CT molecular complexity index is 1340. The van der Waals surface area contributed by atoms with Crippen molar-refractivity contribution in [3.05, 3.63) is 46.9 Å². The van der Waals surface area contributed by atoms with Crippen LogP contribution < -0.4 is 10.6 Å². The summed E-state index contributed by atoms with van der Waals surface area (Å²) in [6.45, 7) is 2.28. The summed E-state index contributed by atoms with van der Waals surface area (Å²) in [7, 11) is 3.26. The van der Waals surface area contributed by atoms with Crippen LogP contribution in [0.2, 0.25) is 5.02 Å². The van der Waals surface area contributed by atoms with Gasteiger partial charge in [-0.1, -0.05) is 11.6 Å². The Hall–Kier alpha value is -3.50. The maximum atomic E-state index is 13.4. The third-order valence-corrected chi connectivity index (χ3v) is 7.53. The molecule has 0 unspecified atom stereocenters. The van der Waals surface area contributed by atoms with E-state index in [1.807, 2.05) is 0 Å². The number of nitrogens with one attached hydrogen (secondary N) is 2. The standard InChI is InChI=1S/C27H31ClN6O4/c1-33(2)27(37)19-10-11-20-22(30-19)23(24(38-20)26(36)31-21-12-7-17(28)15-29-21)32-25(35)16-5-8-18(9-6-16)34-13-3-4-14-34/h7,10-12,15-16,18H,3-6,8-9,13-14H2,1-2H3,(H,32,35)(H,29,31,36)/t16-,18-. The summed E-state index contributed by atoms with van der Waals surface area (Å²) < 4.78 is 5.85. The predicted octanol–water partition coefficient (Wildman–Crippen LogP) is 4.42. The first-order valence-electron chi connectivity index (χ1n) is 12.9. The number of pyridine rings is 2. The molecule has 11 heteroatoms. The van der Waals surface area contributed by atoms with E-state index in [1.165, 1.54) is 30.0 Å². The molecule has 1 aliphatic carbocycles. The van der Waals surface area contributed by atoms with Gasteiger partial charge in [0.25, 0.3) is 11.8 Å². The Morgan fingerprint density at radius 1 is 1.03 bits per heavy atom. The summed E-state index contributed by atoms with van der Waals surface area (Å²) in [5, 5.41) is 6.02. The number of carbonyl (C=O) groups is 3. The van der Waals surface area contributed by atoms with Gasteiger partial charge in [-0.2, -0.15) is 0 Å². The summed E-state index contributed by atoms with van der Waals surface area (Å²) in [5.74, 6) is -1.11. The lowest BCUT2D eigenvalue weighted by molar-refractivity contribution is -0.121. The molecule has 2 fully saturated rings. The highest BCUT2D eigenvalue weighted by molar-refractivity contribution is 6.30. The van der Waals surface area contributed by atoms with Gasteiger partial charge in [0.15, 0.2) is 5.58 Å². The van der Waals surface area contributed by atoms with Crippen LogP contribution in [0.15, 0.2) is 34.9 Å². The molecule has 2 aliphatic rings. The minimum atomic E-state index is -0.605. The van der Waals surface area contributed by atoms with Gasteiger partial charge in [-0.15, -0.1) is 0 Å².